The summed E-state index contributed by atoms with van der Waals surface area (Å²) in [5.74, 6) is 0.197. The zero-order valence-corrected chi connectivity index (χ0v) is 20.8. The van der Waals surface area contributed by atoms with E-state index in [1.54, 1.807) is 6.20 Å². The van der Waals surface area contributed by atoms with Gasteiger partial charge in [-0.05, 0) is 58.2 Å². The highest BCUT2D eigenvalue weighted by atomic mass is 35.5. The van der Waals surface area contributed by atoms with Crippen molar-refractivity contribution in [2.45, 2.75) is 77.9 Å². The minimum absolute atomic E-state index is 0.0148. The molecule has 1 fully saturated rings. The van der Waals surface area contributed by atoms with Crippen molar-refractivity contribution in [2.75, 3.05) is 5.32 Å². The summed E-state index contributed by atoms with van der Waals surface area (Å²) >= 11 is 7.50. The molecule has 2 aromatic rings. The Morgan fingerprint density at radius 1 is 1.19 bits per heavy atom. The van der Waals surface area contributed by atoms with Gasteiger partial charge in [0.2, 0.25) is 5.91 Å². The topological polar surface area (TPSA) is 83.1 Å². The van der Waals surface area contributed by atoms with Gasteiger partial charge in [-0.15, -0.1) is 11.3 Å². The van der Waals surface area contributed by atoms with E-state index in [-0.39, 0.29) is 23.9 Å². The maximum atomic E-state index is 13.0. The van der Waals surface area contributed by atoms with Crippen molar-refractivity contribution in [2.24, 2.45) is 5.92 Å². The number of aromatic nitrogens is 1. The number of hydrogen-bond donors (Lipinski definition) is 3. The number of amides is 2. The van der Waals surface area contributed by atoms with Gasteiger partial charge in [0, 0.05) is 17.1 Å². The van der Waals surface area contributed by atoms with Gasteiger partial charge >= 0.3 is 0 Å². The average molecular weight is 477 g/mol. The van der Waals surface area contributed by atoms with E-state index in [4.69, 9.17) is 11.6 Å². The normalized spacial score (nSPS) is 16.1. The Morgan fingerprint density at radius 2 is 1.91 bits per heavy atom. The summed E-state index contributed by atoms with van der Waals surface area (Å²) in [5, 5.41) is 9.94. The number of hydrogen-bond acceptors (Lipinski definition) is 5. The molecule has 3 N–H and O–H groups in total. The van der Waals surface area contributed by atoms with Crippen molar-refractivity contribution in [3.8, 4) is 0 Å². The van der Waals surface area contributed by atoms with Crippen molar-refractivity contribution in [3.63, 3.8) is 0 Å². The summed E-state index contributed by atoms with van der Waals surface area (Å²) in [6, 6.07) is 5.14. The molecular formula is C24H33ClN4O2S. The largest absolute Gasteiger partial charge is 0.376 e. The van der Waals surface area contributed by atoms with Crippen LogP contribution in [-0.4, -0.2) is 28.9 Å². The van der Waals surface area contributed by atoms with Crippen molar-refractivity contribution in [1.29, 1.82) is 0 Å². The third kappa shape index (κ3) is 6.69. The molecule has 0 spiro atoms. The van der Waals surface area contributed by atoms with E-state index in [1.165, 1.54) is 24.2 Å². The predicted molar refractivity (Wildman–Crippen MR) is 131 cm³/mol. The van der Waals surface area contributed by atoms with E-state index in [0.29, 0.717) is 22.2 Å². The zero-order chi connectivity index (χ0) is 23.3. The summed E-state index contributed by atoms with van der Waals surface area (Å²) in [6.07, 6.45) is 6.99. The van der Waals surface area contributed by atoms with Crippen molar-refractivity contribution in [1.82, 2.24) is 15.6 Å². The SMILES string of the molecule is Cc1ncc(Cl)cc1N[C@@H](C)c1ccc(C(=O)N[C@@H](CC2CCCC2)C(=O)NC(C)C)s1. The smallest absolute Gasteiger partial charge is 0.262 e. The molecule has 1 aliphatic rings. The lowest BCUT2D eigenvalue weighted by Crippen LogP contribution is -2.49. The molecule has 174 valence electrons. The first-order chi connectivity index (χ1) is 15.2. The van der Waals surface area contributed by atoms with E-state index in [2.05, 4.69) is 20.9 Å². The van der Waals surface area contributed by atoms with Crippen molar-refractivity contribution in [3.05, 3.63) is 44.9 Å². The van der Waals surface area contributed by atoms with Crippen LogP contribution >= 0.6 is 22.9 Å². The lowest BCUT2D eigenvalue weighted by molar-refractivity contribution is -0.123. The second kappa shape index (κ2) is 11.1. The molecular weight excluding hydrogens is 444 g/mol. The predicted octanol–water partition coefficient (Wildman–Crippen LogP) is 5.48. The number of anilines is 1. The second-order valence-corrected chi connectivity index (χ2v) is 10.5. The molecule has 0 aromatic carbocycles. The molecule has 1 saturated carbocycles. The van der Waals surface area contributed by atoms with Crippen LogP contribution in [0.3, 0.4) is 0 Å². The number of pyridine rings is 1. The Balaban J connectivity index is 1.66. The van der Waals surface area contributed by atoms with Gasteiger partial charge in [0.1, 0.15) is 6.04 Å². The highest BCUT2D eigenvalue weighted by molar-refractivity contribution is 7.14. The molecule has 0 saturated heterocycles. The number of aryl methyl sites for hydroxylation is 1. The molecule has 3 rings (SSSR count). The maximum absolute atomic E-state index is 13.0. The number of thiophene rings is 1. The van der Waals surface area contributed by atoms with E-state index < -0.39 is 6.04 Å². The first-order valence-electron chi connectivity index (χ1n) is 11.3. The molecule has 0 unspecified atom stereocenters. The zero-order valence-electron chi connectivity index (χ0n) is 19.2. The Hall–Kier alpha value is -2.12. The highest BCUT2D eigenvalue weighted by Gasteiger charge is 2.28. The second-order valence-electron chi connectivity index (χ2n) is 8.93. The molecule has 6 nitrogen and oxygen atoms in total. The van der Waals surface area contributed by atoms with Crippen LogP contribution in [0.4, 0.5) is 5.69 Å². The molecule has 2 atom stereocenters. The van der Waals surface area contributed by atoms with Crippen LogP contribution < -0.4 is 16.0 Å². The highest BCUT2D eigenvalue weighted by Crippen LogP contribution is 2.30. The molecule has 2 heterocycles. The maximum Gasteiger partial charge on any atom is 0.262 e. The quantitative estimate of drug-likeness (QED) is 0.447. The number of halogens is 1. The van der Waals surface area contributed by atoms with Crippen LogP contribution in [0.2, 0.25) is 5.02 Å². The summed E-state index contributed by atoms with van der Waals surface area (Å²) in [7, 11) is 0. The molecule has 2 amide bonds. The number of nitrogens with zero attached hydrogens (tertiary/aromatic N) is 1. The third-order valence-electron chi connectivity index (χ3n) is 5.80. The van der Waals surface area contributed by atoms with Crippen molar-refractivity contribution >= 4 is 40.4 Å². The number of carbonyl (C=O) groups is 2. The molecule has 0 aliphatic heterocycles. The van der Waals surface area contributed by atoms with Crippen LogP contribution in [0.1, 0.15) is 79.2 Å². The van der Waals surface area contributed by atoms with Crippen molar-refractivity contribution < 1.29 is 9.59 Å². The fraction of sp³-hybridized carbons (Fsp3) is 0.542. The summed E-state index contributed by atoms with van der Waals surface area (Å²) in [4.78, 5) is 31.6. The lowest BCUT2D eigenvalue weighted by Gasteiger charge is -2.22. The average Bonchev–Trinajstić information content (AvgIpc) is 3.41. The van der Waals surface area contributed by atoms with Gasteiger partial charge in [0.25, 0.3) is 5.91 Å². The van der Waals surface area contributed by atoms with Crippen LogP contribution in [0.25, 0.3) is 0 Å². The molecule has 2 aromatic heterocycles. The van der Waals surface area contributed by atoms with E-state index >= 15 is 0 Å². The first kappa shape index (κ1) is 24.5. The minimum atomic E-state index is -0.505. The van der Waals surface area contributed by atoms with Gasteiger partial charge in [-0.3, -0.25) is 14.6 Å². The Kier molecular flexibility index (Phi) is 8.54. The van der Waals surface area contributed by atoms with Gasteiger partial charge in [-0.25, -0.2) is 0 Å². The third-order valence-corrected chi connectivity index (χ3v) is 7.27. The van der Waals surface area contributed by atoms with Gasteiger partial charge in [-0.1, -0.05) is 37.3 Å². The van der Waals surface area contributed by atoms with Crippen LogP contribution in [-0.2, 0) is 4.79 Å². The molecule has 8 heteroatoms. The first-order valence-corrected chi connectivity index (χ1v) is 12.5. The number of nitrogens with one attached hydrogen (secondary N) is 3. The molecule has 32 heavy (non-hydrogen) atoms. The monoisotopic (exact) mass is 476 g/mol. The summed E-state index contributed by atoms with van der Waals surface area (Å²) < 4.78 is 0. The van der Waals surface area contributed by atoms with Crippen LogP contribution in [0.5, 0.6) is 0 Å². The van der Waals surface area contributed by atoms with Crippen LogP contribution in [0.15, 0.2) is 24.4 Å². The number of carbonyl (C=O) groups excluding carboxylic acids is 2. The Labute approximate surface area is 199 Å². The van der Waals surface area contributed by atoms with Crippen LogP contribution in [0, 0.1) is 12.8 Å². The van der Waals surface area contributed by atoms with E-state index in [1.807, 2.05) is 45.9 Å². The molecule has 0 radical (unpaired) electrons. The fourth-order valence-corrected chi connectivity index (χ4v) is 5.16. The van der Waals surface area contributed by atoms with E-state index in [0.717, 1.165) is 29.1 Å². The Bertz CT molecular complexity index is 940. The fourth-order valence-electron chi connectivity index (χ4n) is 4.09. The molecule has 0 bridgehead atoms. The Morgan fingerprint density at radius 3 is 2.59 bits per heavy atom. The van der Waals surface area contributed by atoms with Gasteiger partial charge in [-0.2, -0.15) is 0 Å². The summed E-state index contributed by atoms with van der Waals surface area (Å²) in [5.41, 5.74) is 1.73. The summed E-state index contributed by atoms with van der Waals surface area (Å²) in [6.45, 7) is 7.82. The molecule has 1 aliphatic carbocycles. The number of rotatable bonds is 9. The van der Waals surface area contributed by atoms with Gasteiger partial charge in [0.05, 0.1) is 27.3 Å². The standard InChI is InChI=1S/C24H33ClN4O2S/c1-14(2)27-23(30)20(11-17-7-5-6-8-17)29-24(31)22-10-9-21(32-22)16(4)28-19-12-18(25)13-26-15(19)3/h9-10,12-14,16-17,20,28H,5-8,11H2,1-4H3,(H,27,30)(H,29,31)/t16-,20-/m0/s1. The van der Waals surface area contributed by atoms with E-state index in [9.17, 15) is 9.59 Å². The van der Waals surface area contributed by atoms with Gasteiger partial charge in [0.15, 0.2) is 0 Å². The van der Waals surface area contributed by atoms with Gasteiger partial charge < -0.3 is 16.0 Å². The minimum Gasteiger partial charge on any atom is -0.376 e. The lowest BCUT2D eigenvalue weighted by atomic mass is 9.97.